The summed E-state index contributed by atoms with van der Waals surface area (Å²) in [5.74, 6) is 0.201. The molecule has 2 saturated heterocycles. The second-order valence-electron chi connectivity index (χ2n) is 10.1. The smallest absolute Gasteiger partial charge is 0.472 e. The molecule has 48 heavy (non-hydrogen) atoms. The van der Waals surface area contributed by atoms with Crippen LogP contribution in [0.5, 0.6) is 11.8 Å². The summed E-state index contributed by atoms with van der Waals surface area (Å²) in [6.07, 6.45) is -2.77. The van der Waals surface area contributed by atoms with Crippen molar-refractivity contribution in [3.63, 3.8) is 0 Å². The first-order valence-electron chi connectivity index (χ1n) is 13.9. The maximum absolute atomic E-state index is 15.2. The lowest BCUT2D eigenvalue weighted by Gasteiger charge is -2.15. The Morgan fingerprint density at radius 2 is 1.17 bits per heavy atom. The predicted octanol–water partition coefficient (Wildman–Crippen LogP) is 2.38. The highest BCUT2D eigenvalue weighted by Crippen LogP contribution is 2.43. The van der Waals surface area contributed by atoms with Gasteiger partial charge in [0.05, 0.1) is 25.9 Å². The summed E-state index contributed by atoms with van der Waals surface area (Å²) in [5.41, 5.74) is 0.806. The third-order valence-corrected chi connectivity index (χ3v) is 8.73. The number of aliphatic hydroxyl groups excluding tert-OH is 2. The highest BCUT2D eigenvalue weighted by Gasteiger charge is 2.52. The standard InChI is InChI=1S/C24H24F2N8O10P2S2/c25-13-17(43-45(37)47)11(5-35)41-23(13)33-9-31-15-19(33)27-7-29-21(15)39-3-1-2-4-40-22-16-20(28-8-30-22)34(10-32-16)24-14(26)18(44-46(38)48)12(6-36)42-24/h1-2,7-14,17-18,23-24,35-36H,3-6H2/p+2/b2-1+/t11?,12?,13-,14-,17-,18-,23-,24?/m1/s1. The van der Waals surface area contributed by atoms with Crippen LogP contribution in [0, 0.1) is 0 Å². The van der Waals surface area contributed by atoms with Crippen LogP contribution in [0.1, 0.15) is 12.5 Å². The maximum Gasteiger partial charge on any atom is 0.582 e. The zero-order valence-electron chi connectivity index (χ0n) is 24.2. The molecule has 4 aromatic heterocycles. The van der Waals surface area contributed by atoms with Gasteiger partial charge in [0.2, 0.25) is 11.8 Å². The van der Waals surface area contributed by atoms with Crippen molar-refractivity contribution in [3.8, 4) is 11.8 Å². The SMILES string of the molecule is O=[P+](S)O[C@@H]1C(CO)O[C@@H](n2cnc3c(OC/C=C/COc4ncnc5c4ncn5C4OC(CO)[C@@H](O[P+](=O)S)[C@H]4F)ncnc32)[C@@H]1F. The van der Waals surface area contributed by atoms with Crippen LogP contribution in [0.15, 0.2) is 37.5 Å². The molecule has 256 valence electrons. The first-order chi connectivity index (χ1) is 23.2. The van der Waals surface area contributed by atoms with E-state index in [9.17, 15) is 19.3 Å². The van der Waals surface area contributed by atoms with Gasteiger partial charge in [-0.3, -0.25) is 9.13 Å². The third-order valence-electron chi connectivity index (χ3n) is 7.32. The Morgan fingerprint density at radius 3 is 1.54 bits per heavy atom. The fourth-order valence-electron chi connectivity index (χ4n) is 5.22. The second-order valence-corrected chi connectivity index (χ2v) is 13.4. The molecule has 24 heteroatoms. The van der Waals surface area contributed by atoms with Crippen molar-refractivity contribution in [3.05, 3.63) is 37.5 Å². The first-order valence-corrected chi connectivity index (χ1v) is 18.6. The number of hydrogen-bond acceptors (Lipinski definition) is 16. The predicted molar refractivity (Wildman–Crippen MR) is 165 cm³/mol. The van der Waals surface area contributed by atoms with Crippen LogP contribution in [-0.4, -0.2) is 112 Å². The summed E-state index contributed by atoms with van der Waals surface area (Å²) in [4.78, 5) is 25.0. The number of aromatic nitrogens is 8. The van der Waals surface area contributed by atoms with Gasteiger partial charge in [0, 0.05) is 0 Å². The van der Waals surface area contributed by atoms with E-state index in [1.54, 1.807) is 12.2 Å². The summed E-state index contributed by atoms with van der Waals surface area (Å²) in [6, 6.07) is 0. The zero-order chi connectivity index (χ0) is 33.9. The van der Waals surface area contributed by atoms with Gasteiger partial charge in [-0.15, -0.1) is 9.05 Å². The van der Waals surface area contributed by atoms with Gasteiger partial charge >= 0.3 is 14.5 Å². The fourth-order valence-corrected chi connectivity index (χ4v) is 6.80. The van der Waals surface area contributed by atoms with E-state index in [2.05, 4.69) is 54.4 Å². The average Bonchev–Trinajstić information content (AvgIpc) is 3.83. The zero-order valence-corrected chi connectivity index (χ0v) is 27.8. The van der Waals surface area contributed by atoms with E-state index in [0.29, 0.717) is 0 Å². The summed E-state index contributed by atoms with van der Waals surface area (Å²) in [5, 5.41) is 19.2. The Bertz CT molecular complexity index is 1700. The number of ether oxygens (including phenoxy) is 4. The molecule has 18 nitrogen and oxygen atoms in total. The van der Waals surface area contributed by atoms with Crippen LogP contribution in [0.2, 0.25) is 0 Å². The Kier molecular flexibility index (Phi) is 11.1. The molecule has 6 heterocycles. The van der Waals surface area contributed by atoms with Gasteiger partial charge < -0.3 is 29.2 Å². The molecule has 5 unspecified atom stereocenters. The van der Waals surface area contributed by atoms with Gasteiger partial charge in [-0.25, -0.2) is 28.7 Å². The molecule has 2 fully saturated rings. The van der Waals surface area contributed by atoms with Crippen molar-refractivity contribution in [2.24, 2.45) is 0 Å². The van der Waals surface area contributed by atoms with Gasteiger partial charge in [-0.2, -0.15) is 9.97 Å². The van der Waals surface area contributed by atoms with Crippen LogP contribution in [0.4, 0.5) is 8.78 Å². The molecule has 2 aliphatic heterocycles. The molecule has 0 aromatic carbocycles. The number of thiol groups is 2. The van der Waals surface area contributed by atoms with Crippen molar-refractivity contribution in [1.82, 2.24) is 39.0 Å². The largest absolute Gasteiger partial charge is 0.582 e. The molecule has 0 bridgehead atoms. The van der Waals surface area contributed by atoms with Gasteiger partial charge in [0.25, 0.3) is 0 Å². The number of imidazole rings is 2. The molecule has 6 rings (SSSR count). The maximum atomic E-state index is 15.2. The molecular weight excluding hydrogens is 724 g/mol. The fraction of sp³-hybridized carbons (Fsp3) is 0.500. The van der Waals surface area contributed by atoms with Crippen molar-refractivity contribution >= 4 is 61.3 Å². The number of fused-ring (bicyclic) bond motifs is 2. The van der Waals surface area contributed by atoms with Crippen LogP contribution < -0.4 is 9.47 Å². The molecule has 0 amide bonds. The Balaban J connectivity index is 1.07. The average molecular weight is 751 g/mol. The summed E-state index contributed by atoms with van der Waals surface area (Å²) in [6.45, 7) is -1.09. The lowest BCUT2D eigenvalue weighted by molar-refractivity contribution is -0.0427. The quantitative estimate of drug-likeness (QED) is 0.0827. The van der Waals surface area contributed by atoms with Crippen LogP contribution in [0.3, 0.4) is 0 Å². The Hall–Kier alpha value is -3.04. The molecule has 0 saturated carbocycles. The van der Waals surface area contributed by atoms with Crippen molar-refractivity contribution in [2.75, 3.05) is 26.4 Å². The lowest BCUT2D eigenvalue weighted by Crippen LogP contribution is -2.31. The number of aliphatic hydroxyl groups is 2. The van der Waals surface area contributed by atoms with E-state index in [-0.39, 0.29) is 47.3 Å². The van der Waals surface area contributed by atoms with Crippen LogP contribution in [-0.2, 0) is 27.7 Å². The van der Waals surface area contributed by atoms with E-state index in [1.807, 2.05) is 0 Å². The number of hydrogen-bond donors (Lipinski definition) is 4. The minimum absolute atomic E-state index is 0.0311. The minimum Gasteiger partial charge on any atom is -0.472 e. The lowest BCUT2D eigenvalue weighted by atomic mass is 10.1. The molecular formula is C24H26F2N8O10P2S2+2. The summed E-state index contributed by atoms with van der Waals surface area (Å²) < 4.78 is 88.6. The number of rotatable bonds is 14. The van der Waals surface area contributed by atoms with Gasteiger partial charge in [-0.1, -0.05) is 0 Å². The highest BCUT2D eigenvalue weighted by atomic mass is 32.7. The normalized spacial score (nSPS) is 28.1. The van der Waals surface area contributed by atoms with Gasteiger partial charge in [0.1, 0.15) is 62.6 Å². The monoisotopic (exact) mass is 750 g/mol. The number of nitrogens with zero attached hydrogens (tertiary/aromatic N) is 8. The van der Waals surface area contributed by atoms with Crippen molar-refractivity contribution < 1.29 is 56.1 Å². The number of alkyl halides is 2. The molecule has 0 aliphatic carbocycles. The summed E-state index contributed by atoms with van der Waals surface area (Å²) >= 11 is 7.32. The molecule has 4 aromatic rings. The minimum atomic E-state index is -2.45. The molecule has 0 radical (unpaired) electrons. The Labute approximate surface area is 280 Å². The topological polar surface area (TPSA) is 217 Å². The van der Waals surface area contributed by atoms with Crippen molar-refractivity contribution in [2.45, 2.75) is 49.2 Å². The molecule has 0 spiro atoms. The molecule has 10 atom stereocenters. The summed E-state index contributed by atoms with van der Waals surface area (Å²) in [7, 11) is -4.90. The van der Waals surface area contributed by atoms with E-state index < -0.39 is 76.9 Å². The first kappa shape index (κ1) is 34.8. The van der Waals surface area contributed by atoms with Gasteiger partial charge in [0.15, 0.2) is 59.3 Å². The van der Waals surface area contributed by atoms with E-state index >= 15 is 8.78 Å². The van der Waals surface area contributed by atoms with Crippen LogP contribution >= 0.6 is 39.0 Å². The third kappa shape index (κ3) is 7.00. The van der Waals surface area contributed by atoms with E-state index in [1.165, 1.54) is 34.4 Å². The highest BCUT2D eigenvalue weighted by molar-refractivity contribution is 8.39. The second kappa shape index (κ2) is 15.2. The Morgan fingerprint density at radius 1 is 0.750 bits per heavy atom. The number of halogens is 2. The molecule has 2 N–H and O–H groups in total. The van der Waals surface area contributed by atoms with Gasteiger partial charge in [-0.05, 0) is 21.3 Å². The van der Waals surface area contributed by atoms with Crippen molar-refractivity contribution in [1.29, 1.82) is 0 Å². The van der Waals surface area contributed by atoms with Crippen LogP contribution in [0.25, 0.3) is 22.3 Å². The van der Waals surface area contributed by atoms with E-state index in [0.717, 1.165) is 0 Å². The molecule has 2 aliphatic rings. The van der Waals surface area contributed by atoms with E-state index in [4.69, 9.17) is 28.0 Å².